The summed E-state index contributed by atoms with van der Waals surface area (Å²) < 4.78 is 0. The fraction of sp³-hybridized carbons (Fsp3) is 0.571. The van der Waals surface area contributed by atoms with Gasteiger partial charge in [-0.05, 0) is 30.5 Å². The summed E-state index contributed by atoms with van der Waals surface area (Å²) in [6.07, 6.45) is 2.57. The van der Waals surface area contributed by atoms with Gasteiger partial charge >= 0.3 is 0 Å². The maximum Gasteiger partial charge on any atom is 0.0642 e. The van der Waals surface area contributed by atoms with Crippen LogP contribution in [0.25, 0.3) is 0 Å². The molecule has 0 amide bonds. The van der Waals surface area contributed by atoms with Crippen molar-refractivity contribution in [2.24, 2.45) is 0 Å². The molecule has 94 valence electrons. The molecule has 1 aromatic rings. The molecule has 2 rings (SSSR count). The predicted octanol–water partition coefficient (Wildman–Crippen LogP) is 3.44. The minimum Gasteiger partial charge on any atom is -0.370 e. The van der Waals surface area contributed by atoms with Crippen molar-refractivity contribution in [2.45, 2.75) is 39.3 Å². The Balaban J connectivity index is 2.05. The molecule has 1 saturated heterocycles. The summed E-state index contributed by atoms with van der Waals surface area (Å²) in [4.78, 5) is 2.38. The third-order valence-electron chi connectivity index (χ3n) is 3.17. The summed E-state index contributed by atoms with van der Waals surface area (Å²) >= 11 is 6.36. The van der Waals surface area contributed by atoms with E-state index in [2.05, 4.69) is 42.3 Å². The van der Waals surface area contributed by atoms with E-state index in [9.17, 15) is 0 Å². The molecular formula is C14H21ClN2. The van der Waals surface area contributed by atoms with Crippen LogP contribution in [0.2, 0.25) is 5.02 Å². The zero-order valence-corrected chi connectivity index (χ0v) is 11.4. The van der Waals surface area contributed by atoms with Gasteiger partial charge in [-0.3, -0.25) is 0 Å². The van der Waals surface area contributed by atoms with Crippen LogP contribution in [0.5, 0.6) is 0 Å². The van der Waals surface area contributed by atoms with E-state index >= 15 is 0 Å². The molecule has 0 atom stereocenters. The average molecular weight is 253 g/mol. The molecule has 0 radical (unpaired) electrons. The minimum atomic E-state index is 0.507. The molecule has 3 heteroatoms. The summed E-state index contributed by atoms with van der Waals surface area (Å²) in [6, 6.07) is 6.93. The average Bonchev–Trinajstić information content (AvgIpc) is 2.79. The summed E-state index contributed by atoms with van der Waals surface area (Å²) in [6.45, 7) is 7.48. The van der Waals surface area contributed by atoms with Crippen molar-refractivity contribution < 1.29 is 0 Å². The minimum absolute atomic E-state index is 0.507. The van der Waals surface area contributed by atoms with Crippen LogP contribution in [0.1, 0.15) is 32.3 Å². The third-order valence-corrected chi connectivity index (χ3v) is 3.48. The number of nitrogens with zero attached hydrogens (tertiary/aromatic N) is 1. The van der Waals surface area contributed by atoms with E-state index < -0.39 is 0 Å². The molecule has 0 bridgehead atoms. The van der Waals surface area contributed by atoms with Crippen molar-refractivity contribution >= 4 is 17.3 Å². The maximum atomic E-state index is 6.36. The fourth-order valence-corrected chi connectivity index (χ4v) is 2.52. The molecule has 1 heterocycles. The predicted molar refractivity (Wildman–Crippen MR) is 74.9 cm³/mol. The van der Waals surface area contributed by atoms with Gasteiger partial charge in [-0.1, -0.05) is 31.5 Å². The highest BCUT2D eigenvalue weighted by molar-refractivity contribution is 6.33. The molecule has 1 aromatic carbocycles. The molecule has 0 unspecified atom stereocenters. The Morgan fingerprint density at radius 3 is 2.59 bits per heavy atom. The summed E-state index contributed by atoms with van der Waals surface area (Å²) in [5, 5.41) is 4.29. The Morgan fingerprint density at radius 1 is 1.29 bits per heavy atom. The second-order valence-electron chi connectivity index (χ2n) is 5.02. The monoisotopic (exact) mass is 252 g/mol. The number of benzene rings is 1. The smallest absolute Gasteiger partial charge is 0.0642 e. The van der Waals surface area contributed by atoms with Gasteiger partial charge in [0.15, 0.2) is 0 Å². The molecule has 0 aliphatic carbocycles. The standard InChI is InChI=1S/C14H21ClN2/c1-11(2)16-10-12-5-6-14(13(15)9-12)17-7-3-4-8-17/h5-6,9,11,16H,3-4,7-8,10H2,1-2H3. The van der Waals surface area contributed by atoms with Gasteiger partial charge in [0, 0.05) is 25.7 Å². The zero-order chi connectivity index (χ0) is 12.3. The lowest BCUT2D eigenvalue weighted by atomic mass is 10.2. The molecule has 0 spiro atoms. The second kappa shape index (κ2) is 5.74. The summed E-state index contributed by atoms with van der Waals surface area (Å²) in [5.74, 6) is 0. The van der Waals surface area contributed by atoms with Gasteiger partial charge in [0.1, 0.15) is 0 Å². The number of hydrogen-bond acceptors (Lipinski definition) is 2. The maximum absolute atomic E-state index is 6.36. The van der Waals surface area contributed by atoms with E-state index in [0.717, 1.165) is 24.7 Å². The Kier molecular flexibility index (Phi) is 4.30. The first kappa shape index (κ1) is 12.7. The number of nitrogens with one attached hydrogen (secondary N) is 1. The van der Waals surface area contributed by atoms with Gasteiger partial charge in [-0.15, -0.1) is 0 Å². The van der Waals surface area contributed by atoms with Crippen LogP contribution in [0.4, 0.5) is 5.69 Å². The summed E-state index contributed by atoms with van der Waals surface area (Å²) in [5.41, 5.74) is 2.45. The highest BCUT2D eigenvalue weighted by Crippen LogP contribution is 2.29. The van der Waals surface area contributed by atoms with E-state index in [1.807, 2.05) is 0 Å². The van der Waals surface area contributed by atoms with Gasteiger partial charge in [-0.25, -0.2) is 0 Å². The van der Waals surface area contributed by atoms with Gasteiger partial charge in [0.25, 0.3) is 0 Å². The number of hydrogen-bond donors (Lipinski definition) is 1. The largest absolute Gasteiger partial charge is 0.370 e. The van der Waals surface area contributed by atoms with Gasteiger partial charge < -0.3 is 10.2 Å². The zero-order valence-electron chi connectivity index (χ0n) is 10.7. The molecular weight excluding hydrogens is 232 g/mol. The molecule has 0 aromatic heterocycles. The highest BCUT2D eigenvalue weighted by Gasteiger charge is 2.15. The number of rotatable bonds is 4. The molecule has 1 aliphatic rings. The Hall–Kier alpha value is -0.730. The number of anilines is 1. The van der Waals surface area contributed by atoms with Crippen molar-refractivity contribution in [1.29, 1.82) is 0 Å². The quantitative estimate of drug-likeness (QED) is 0.883. The van der Waals surface area contributed by atoms with Gasteiger partial charge in [0.05, 0.1) is 10.7 Å². The Labute approximate surface area is 109 Å². The van der Waals surface area contributed by atoms with Crippen LogP contribution in [-0.4, -0.2) is 19.1 Å². The van der Waals surface area contributed by atoms with Crippen LogP contribution < -0.4 is 10.2 Å². The van der Waals surface area contributed by atoms with Crippen molar-refractivity contribution in [2.75, 3.05) is 18.0 Å². The van der Waals surface area contributed by atoms with E-state index in [4.69, 9.17) is 11.6 Å². The first-order valence-electron chi connectivity index (χ1n) is 6.43. The van der Waals surface area contributed by atoms with Crippen LogP contribution >= 0.6 is 11.6 Å². The van der Waals surface area contributed by atoms with Crippen LogP contribution in [0.15, 0.2) is 18.2 Å². The van der Waals surface area contributed by atoms with E-state index in [-0.39, 0.29) is 0 Å². The van der Waals surface area contributed by atoms with Crippen molar-refractivity contribution in [1.82, 2.24) is 5.32 Å². The Morgan fingerprint density at radius 2 is 2.00 bits per heavy atom. The highest BCUT2D eigenvalue weighted by atomic mass is 35.5. The SMILES string of the molecule is CC(C)NCc1ccc(N2CCCC2)c(Cl)c1. The van der Waals surface area contributed by atoms with Crippen molar-refractivity contribution in [3.63, 3.8) is 0 Å². The molecule has 1 aliphatic heterocycles. The first-order valence-corrected chi connectivity index (χ1v) is 6.81. The summed E-state index contributed by atoms with van der Waals surface area (Å²) in [7, 11) is 0. The lowest BCUT2D eigenvalue weighted by Crippen LogP contribution is -2.22. The van der Waals surface area contributed by atoms with Crippen LogP contribution in [0.3, 0.4) is 0 Å². The number of halogens is 1. The second-order valence-corrected chi connectivity index (χ2v) is 5.42. The Bertz CT molecular complexity index is 370. The van der Waals surface area contributed by atoms with E-state index in [0.29, 0.717) is 6.04 Å². The molecule has 1 fully saturated rings. The van der Waals surface area contributed by atoms with E-state index in [1.165, 1.54) is 24.1 Å². The molecule has 1 N–H and O–H groups in total. The third kappa shape index (κ3) is 3.36. The van der Waals surface area contributed by atoms with E-state index in [1.54, 1.807) is 0 Å². The normalized spacial score (nSPS) is 15.9. The molecule has 2 nitrogen and oxygen atoms in total. The van der Waals surface area contributed by atoms with Crippen molar-refractivity contribution in [3.8, 4) is 0 Å². The van der Waals surface area contributed by atoms with Gasteiger partial charge in [-0.2, -0.15) is 0 Å². The first-order chi connectivity index (χ1) is 8.16. The van der Waals surface area contributed by atoms with Gasteiger partial charge in [0.2, 0.25) is 0 Å². The lowest BCUT2D eigenvalue weighted by Gasteiger charge is -2.19. The topological polar surface area (TPSA) is 15.3 Å². The van der Waals surface area contributed by atoms with Crippen molar-refractivity contribution in [3.05, 3.63) is 28.8 Å². The van der Waals surface area contributed by atoms with Crippen LogP contribution in [-0.2, 0) is 6.54 Å². The fourth-order valence-electron chi connectivity index (χ4n) is 2.20. The van der Waals surface area contributed by atoms with Crippen LogP contribution in [0, 0.1) is 0 Å². The molecule has 0 saturated carbocycles. The lowest BCUT2D eigenvalue weighted by molar-refractivity contribution is 0.589. The molecule has 17 heavy (non-hydrogen) atoms.